The second-order valence-corrected chi connectivity index (χ2v) is 4.20. The van der Waals surface area contributed by atoms with Crippen molar-refractivity contribution >= 4 is 17.4 Å². The zero-order valence-electron chi connectivity index (χ0n) is 11.0. The van der Waals surface area contributed by atoms with Crippen LogP contribution >= 0.6 is 0 Å². The van der Waals surface area contributed by atoms with Crippen molar-refractivity contribution in [3.05, 3.63) is 47.2 Å². The number of hydrogen-bond donors (Lipinski definition) is 3. The summed E-state index contributed by atoms with van der Waals surface area (Å²) in [5.41, 5.74) is 7.78. The minimum absolute atomic E-state index is 0.0762. The fourth-order valence-electron chi connectivity index (χ4n) is 1.86. The van der Waals surface area contributed by atoms with Crippen molar-refractivity contribution in [1.82, 2.24) is 4.98 Å². The van der Waals surface area contributed by atoms with Crippen LogP contribution < -0.4 is 11.1 Å². The summed E-state index contributed by atoms with van der Waals surface area (Å²) in [5, 5.41) is 14.5. The third kappa shape index (κ3) is 2.46. The maximum atomic E-state index is 12.1. The Bertz CT molecular complexity index is 676. The van der Waals surface area contributed by atoms with Crippen LogP contribution in [-0.4, -0.2) is 21.9 Å². The van der Waals surface area contributed by atoms with Gasteiger partial charge in [-0.3, -0.25) is 4.79 Å². The molecule has 0 aliphatic rings. The van der Waals surface area contributed by atoms with Gasteiger partial charge in [0.2, 0.25) is 5.76 Å². The first-order valence-electron chi connectivity index (χ1n) is 5.83. The van der Waals surface area contributed by atoms with E-state index in [4.69, 9.17) is 15.4 Å². The van der Waals surface area contributed by atoms with Crippen molar-refractivity contribution in [2.75, 3.05) is 5.32 Å². The van der Waals surface area contributed by atoms with Gasteiger partial charge in [-0.2, -0.15) is 0 Å². The number of nitrogens with zero attached hydrogens (tertiary/aromatic N) is 2. The van der Waals surface area contributed by atoms with Gasteiger partial charge in [-0.1, -0.05) is 17.3 Å². The maximum Gasteiger partial charge on any atom is 0.293 e. The Kier molecular flexibility index (Phi) is 3.69. The first-order valence-corrected chi connectivity index (χ1v) is 5.83. The lowest BCUT2D eigenvalue weighted by Gasteiger charge is -2.11. The number of oxazole rings is 1. The summed E-state index contributed by atoms with van der Waals surface area (Å²) in [4.78, 5) is 15.9. The Morgan fingerprint density at radius 2 is 2.20 bits per heavy atom. The summed E-state index contributed by atoms with van der Waals surface area (Å²) in [6.45, 7) is 3.46. The highest BCUT2D eigenvalue weighted by molar-refractivity contribution is 6.09. The Morgan fingerprint density at radius 1 is 1.45 bits per heavy atom. The average molecular weight is 274 g/mol. The molecule has 0 saturated heterocycles. The normalized spacial score (nSPS) is 11.4. The van der Waals surface area contributed by atoms with Crippen molar-refractivity contribution in [2.24, 2.45) is 10.9 Å². The van der Waals surface area contributed by atoms with Crippen molar-refractivity contribution in [3.63, 3.8) is 0 Å². The van der Waals surface area contributed by atoms with Gasteiger partial charge in [0.05, 0.1) is 11.4 Å². The zero-order valence-corrected chi connectivity index (χ0v) is 11.0. The third-order valence-electron chi connectivity index (χ3n) is 2.84. The number of carbonyl (C=O) groups is 1. The molecule has 1 aromatic carbocycles. The minimum atomic E-state index is -0.447. The van der Waals surface area contributed by atoms with E-state index >= 15 is 0 Å². The number of anilines is 1. The Balaban J connectivity index is 2.38. The summed E-state index contributed by atoms with van der Waals surface area (Å²) in [6.07, 6.45) is 1.20. The molecule has 7 heteroatoms. The van der Waals surface area contributed by atoms with Crippen LogP contribution in [0.5, 0.6) is 0 Å². The van der Waals surface area contributed by atoms with Gasteiger partial charge in [-0.15, -0.1) is 0 Å². The lowest BCUT2D eigenvalue weighted by Crippen LogP contribution is -2.20. The van der Waals surface area contributed by atoms with E-state index in [1.165, 1.54) is 6.39 Å². The van der Waals surface area contributed by atoms with Gasteiger partial charge in [-0.25, -0.2) is 4.98 Å². The molecule has 4 N–H and O–H groups in total. The summed E-state index contributed by atoms with van der Waals surface area (Å²) in [5.74, 6) is -0.401. The number of nitrogens with two attached hydrogens (primary N) is 1. The van der Waals surface area contributed by atoms with E-state index in [1.807, 2.05) is 0 Å². The number of aromatic nitrogens is 1. The van der Waals surface area contributed by atoms with Crippen LogP contribution in [0.3, 0.4) is 0 Å². The van der Waals surface area contributed by atoms with Crippen molar-refractivity contribution < 1.29 is 14.4 Å². The van der Waals surface area contributed by atoms with Crippen molar-refractivity contribution in [3.8, 4) is 0 Å². The lowest BCUT2D eigenvalue weighted by atomic mass is 10.1. The van der Waals surface area contributed by atoms with Gasteiger partial charge in [0.15, 0.2) is 12.2 Å². The SMILES string of the molecule is Cc1cccc(NC(=O)c2ocnc2C)c1/C(N)=N/O. The summed E-state index contributed by atoms with van der Waals surface area (Å²) >= 11 is 0. The molecule has 1 aromatic heterocycles. The number of aryl methyl sites for hydroxylation is 2. The number of oxime groups is 1. The van der Waals surface area contributed by atoms with Crippen LogP contribution in [-0.2, 0) is 0 Å². The lowest BCUT2D eigenvalue weighted by molar-refractivity contribution is 0.0996. The van der Waals surface area contributed by atoms with Gasteiger partial charge in [0.25, 0.3) is 5.91 Å². The van der Waals surface area contributed by atoms with Gasteiger partial charge in [0, 0.05) is 5.56 Å². The highest BCUT2D eigenvalue weighted by Crippen LogP contribution is 2.20. The van der Waals surface area contributed by atoms with Gasteiger partial charge in [-0.05, 0) is 25.5 Å². The molecular weight excluding hydrogens is 260 g/mol. The number of benzene rings is 1. The van der Waals surface area contributed by atoms with Gasteiger partial charge in [0.1, 0.15) is 0 Å². The van der Waals surface area contributed by atoms with Crippen LogP contribution in [0, 0.1) is 13.8 Å². The molecule has 2 aromatic rings. The fourth-order valence-corrected chi connectivity index (χ4v) is 1.86. The molecule has 104 valence electrons. The molecule has 0 spiro atoms. The van der Waals surface area contributed by atoms with Crippen LogP contribution in [0.4, 0.5) is 5.69 Å². The minimum Gasteiger partial charge on any atom is -0.438 e. The van der Waals surface area contributed by atoms with Crippen molar-refractivity contribution in [1.29, 1.82) is 0 Å². The zero-order chi connectivity index (χ0) is 14.7. The quantitative estimate of drug-likeness (QED) is 0.341. The molecule has 0 radical (unpaired) electrons. The molecule has 0 fully saturated rings. The summed E-state index contributed by atoms with van der Waals surface area (Å²) in [7, 11) is 0. The van der Waals surface area contributed by atoms with E-state index in [1.54, 1.807) is 32.0 Å². The number of amides is 1. The maximum absolute atomic E-state index is 12.1. The predicted molar refractivity (Wildman–Crippen MR) is 72.9 cm³/mol. The number of nitrogens with one attached hydrogen (secondary N) is 1. The molecule has 20 heavy (non-hydrogen) atoms. The molecule has 1 amide bonds. The molecule has 0 aliphatic heterocycles. The second kappa shape index (κ2) is 5.43. The van der Waals surface area contributed by atoms with Crippen LogP contribution in [0.1, 0.15) is 27.4 Å². The van der Waals surface area contributed by atoms with E-state index in [2.05, 4.69) is 15.5 Å². The van der Waals surface area contributed by atoms with E-state index in [0.717, 1.165) is 5.56 Å². The standard InChI is InChI=1S/C13H14N4O3/c1-7-4-3-5-9(10(7)12(14)17-19)16-13(18)11-8(2)15-6-20-11/h3-6,19H,1-2H3,(H2,14,17)(H,16,18). The highest BCUT2D eigenvalue weighted by Gasteiger charge is 2.17. The van der Waals surface area contributed by atoms with Gasteiger partial charge >= 0.3 is 0 Å². The van der Waals surface area contributed by atoms with Crippen molar-refractivity contribution in [2.45, 2.75) is 13.8 Å². The first kappa shape index (κ1) is 13.6. The molecule has 0 unspecified atom stereocenters. The average Bonchev–Trinajstić information content (AvgIpc) is 2.84. The molecule has 0 saturated carbocycles. The van der Waals surface area contributed by atoms with Crippen LogP contribution in [0.2, 0.25) is 0 Å². The first-order chi connectivity index (χ1) is 9.54. The van der Waals surface area contributed by atoms with Crippen LogP contribution in [0.15, 0.2) is 34.2 Å². The summed E-state index contributed by atoms with van der Waals surface area (Å²) in [6, 6.07) is 5.21. The number of rotatable bonds is 3. The second-order valence-electron chi connectivity index (χ2n) is 4.20. The monoisotopic (exact) mass is 274 g/mol. The fraction of sp³-hybridized carbons (Fsp3) is 0.154. The Labute approximate surface area is 115 Å². The number of carbonyl (C=O) groups excluding carboxylic acids is 1. The molecule has 7 nitrogen and oxygen atoms in total. The van der Waals surface area contributed by atoms with Crippen LogP contribution in [0.25, 0.3) is 0 Å². The molecule has 0 atom stereocenters. The third-order valence-corrected chi connectivity index (χ3v) is 2.84. The highest BCUT2D eigenvalue weighted by atomic mass is 16.4. The van der Waals surface area contributed by atoms with E-state index in [-0.39, 0.29) is 11.6 Å². The topological polar surface area (TPSA) is 114 Å². The molecule has 1 heterocycles. The smallest absolute Gasteiger partial charge is 0.293 e. The molecule has 0 aliphatic carbocycles. The van der Waals surface area contributed by atoms with E-state index in [0.29, 0.717) is 16.9 Å². The molecule has 2 rings (SSSR count). The molecular formula is C13H14N4O3. The van der Waals surface area contributed by atoms with E-state index in [9.17, 15) is 4.79 Å². The molecule has 0 bridgehead atoms. The van der Waals surface area contributed by atoms with E-state index < -0.39 is 5.91 Å². The number of hydrogen-bond acceptors (Lipinski definition) is 5. The van der Waals surface area contributed by atoms with Gasteiger partial charge < -0.3 is 20.7 Å². The number of amidine groups is 1. The Morgan fingerprint density at radius 3 is 2.80 bits per heavy atom. The summed E-state index contributed by atoms with van der Waals surface area (Å²) < 4.78 is 5.02. The predicted octanol–water partition coefficient (Wildman–Crippen LogP) is 1.64. The largest absolute Gasteiger partial charge is 0.438 e. The Hall–Kier alpha value is -2.83.